The van der Waals surface area contributed by atoms with Crippen LogP contribution in [0.25, 0.3) is 0 Å². The molecule has 0 heterocycles. The Morgan fingerprint density at radius 2 is 1.62 bits per heavy atom. The second-order valence-electron chi connectivity index (χ2n) is 7.36. The predicted octanol–water partition coefficient (Wildman–Crippen LogP) is 4.41. The van der Waals surface area contributed by atoms with Crippen LogP contribution in [0.3, 0.4) is 0 Å². The van der Waals surface area contributed by atoms with Gasteiger partial charge in [0.05, 0.1) is 19.1 Å². The van der Waals surface area contributed by atoms with Crippen molar-refractivity contribution >= 4 is 23.7 Å². The highest BCUT2D eigenvalue weighted by Gasteiger charge is 2.22. The van der Waals surface area contributed by atoms with Gasteiger partial charge < -0.3 is 25.3 Å². The van der Waals surface area contributed by atoms with Crippen LogP contribution >= 0.6 is 0 Å². The maximum atomic E-state index is 13.0. The van der Waals surface area contributed by atoms with Crippen LogP contribution in [0.15, 0.2) is 78.9 Å². The van der Waals surface area contributed by atoms with Gasteiger partial charge in [-0.15, -0.1) is 0 Å². The smallest absolute Gasteiger partial charge is 0.489 e. The normalized spacial score (nSPS) is 11.2. The maximum absolute atomic E-state index is 13.0. The summed E-state index contributed by atoms with van der Waals surface area (Å²) < 4.78 is 15.1. The third kappa shape index (κ3) is 7.37. The van der Waals surface area contributed by atoms with Crippen LogP contribution in [0.1, 0.15) is 40.9 Å². The van der Waals surface area contributed by atoms with E-state index in [1.165, 1.54) is 6.07 Å². The van der Waals surface area contributed by atoms with Crippen LogP contribution in [-0.4, -0.2) is 24.6 Å². The number of rotatable bonds is 9. The number of amides is 1. The minimum Gasteiger partial charge on any atom is -0.489 e. The van der Waals surface area contributed by atoms with Crippen LogP contribution < -0.4 is 15.8 Å². The molecule has 0 aliphatic rings. The second-order valence-corrected chi connectivity index (χ2v) is 7.36. The molecule has 0 bridgehead atoms. The Labute approximate surface area is 197 Å². The van der Waals surface area contributed by atoms with Crippen molar-refractivity contribution in [3.05, 3.63) is 95.6 Å². The van der Waals surface area contributed by atoms with Gasteiger partial charge in [0.15, 0.2) is 0 Å². The van der Waals surface area contributed by atoms with Crippen molar-refractivity contribution in [2.45, 2.75) is 26.0 Å². The molecular formula is C26H26N2O6. The molecule has 8 heteroatoms. The second kappa shape index (κ2) is 12.1. The molecule has 0 radical (unpaired) electrons. The lowest BCUT2D eigenvalue weighted by Gasteiger charge is -2.19. The van der Waals surface area contributed by atoms with Crippen molar-refractivity contribution in [1.82, 2.24) is 5.32 Å². The Hall–Kier alpha value is -4.33. The zero-order chi connectivity index (χ0) is 24.3. The van der Waals surface area contributed by atoms with Crippen molar-refractivity contribution in [2.75, 3.05) is 12.3 Å². The van der Waals surface area contributed by atoms with Crippen molar-refractivity contribution in [3.63, 3.8) is 0 Å². The highest BCUT2D eigenvalue weighted by molar-refractivity contribution is 5.96. The molecule has 1 amide bonds. The van der Waals surface area contributed by atoms with Crippen LogP contribution in [0.4, 0.5) is 10.5 Å². The fourth-order valence-corrected chi connectivity index (χ4v) is 3.21. The van der Waals surface area contributed by atoms with Crippen LogP contribution in [0, 0.1) is 0 Å². The molecular weight excluding hydrogens is 436 g/mol. The largest absolute Gasteiger partial charge is 0.516 e. The van der Waals surface area contributed by atoms with Gasteiger partial charge in [0.25, 0.3) is 5.91 Å². The zero-order valence-electron chi connectivity index (χ0n) is 18.7. The summed E-state index contributed by atoms with van der Waals surface area (Å²) in [4.78, 5) is 36.8. The number of carbonyl (C=O) groups excluding carboxylic acids is 3. The van der Waals surface area contributed by atoms with Crippen LogP contribution in [0.2, 0.25) is 0 Å². The van der Waals surface area contributed by atoms with E-state index in [1.54, 1.807) is 43.3 Å². The first-order chi connectivity index (χ1) is 16.4. The first-order valence-electron chi connectivity index (χ1n) is 10.7. The van der Waals surface area contributed by atoms with Crippen molar-refractivity contribution in [2.24, 2.45) is 0 Å². The molecule has 3 aromatic rings. The lowest BCUT2D eigenvalue weighted by molar-refractivity contribution is -0.140. The van der Waals surface area contributed by atoms with E-state index >= 15 is 0 Å². The van der Waals surface area contributed by atoms with Crippen molar-refractivity contribution in [3.8, 4) is 5.75 Å². The van der Waals surface area contributed by atoms with Crippen LogP contribution in [-0.2, 0) is 20.9 Å². The molecule has 34 heavy (non-hydrogen) atoms. The number of benzene rings is 3. The van der Waals surface area contributed by atoms with E-state index in [2.05, 4.69) is 14.8 Å². The SMILES string of the molecule is CCOC(=O)OC(=O)CC(NC(=O)c1cc(N)cc(OCc2ccccc2)c1)c1ccccc1. The van der Waals surface area contributed by atoms with E-state index in [1.807, 2.05) is 36.4 Å². The predicted molar refractivity (Wildman–Crippen MR) is 126 cm³/mol. The van der Waals surface area contributed by atoms with E-state index in [9.17, 15) is 14.4 Å². The van der Waals surface area contributed by atoms with Crippen LogP contribution in [0.5, 0.6) is 5.75 Å². The first kappa shape index (κ1) is 24.3. The summed E-state index contributed by atoms with van der Waals surface area (Å²) in [5.74, 6) is -0.853. The number of ether oxygens (including phenoxy) is 3. The number of nitrogens with two attached hydrogens (primary N) is 1. The lowest BCUT2D eigenvalue weighted by Crippen LogP contribution is -2.31. The van der Waals surface area contributed by atoms with Gasteiger partial charge in [-0.3, -0.25) is 9.59 Å². The minimum atomic E-state index is -1.08. The monoisotopic (exact) mass is 462 g/mol. The molecule has 0 fully saturated rings. The number of esters is 1. The molecule has 176 valence electrons. The average Bonchev–Trinajstić information content (AvgIpc) is 2.83. The summed E-state index contributed by atoms with van der Waals surface area (Å²) in [5, 5.41) is 2.81. The van der Waals surface area contributed by atoms with Gasteiger partial charge in [-0.25, -0.2) is 4.79 Å². The molecule has 0 saturated carbocycles. The Morgan fingerprint density at radius 3 is 2.29 bits per heavy atom. The molecule has 0 saturated heterocycles. The van der Waals surface area contributed by atoms with E-state index in [0.717, 1.165) is 5.56 Å². The van der Waals surface area contributed by atoms with E-state index in [4.69, 9.17) is 10.5 Å². The topological polar surface area (TPSA) is 117 Å². The molecule has 3 rings (SSSR count). The molecule has 0 aliphatic carbocycles. The molecule has 8 nitrogen and oxygen atoms in total. The summed E-state index contributed by atoms with van der Waals surface area (Å²) in [7, 11) is 0. The zero-order valence-corrected chi connectivity index (χ0v) is 18.7. The Morgan fingerprint density at radius 1 is 0.941 bits per heavy atom. The van der Waals surface area contributed by atoms with E-state index in [0.29, 0.717) is 23.6 Å². The lowest BCUT2D eigenvalue weighted by atomic mass is 10.0. The van der Waals surface area contributed by atoms with Gasteiger partial charge in [0.1, 0.15) is 12.4 Å². The third-order valence-corrected chi connectivity index (χ3v) is 4.78. The summed E-state index contributed by atoms with van der Waals surface area (Å²) in [6.45, 7) is 1.99. The van der Waals surface area contributed by atoms with Gasteiger partial charge in [-0.05, 0) is 30.2 Å². The molecule has 1 unspecified atom stereocenters. The Bertz CT molecular complexity index is 1120. The van der Waals surface area contributed by atoms with Gasteiger partial charge >= 0.3 is 12.1 Å². The molecule has 0 aliphatic heterocycles. The number of carbonyl (C=O) groups is 3. The third-order valence-electron chi connectivity index (χ3n) is 4.78. The first-order valence-corrected chi connectivity index (χ1v) is 10.7. The average molecular weight is 463 g/mol. The highest BCUT2D eigenvalue weighted by Crippen LogP contribution is 2.23. The van der Waals surface area contributed by atoms with E-state index < -0.39 is 24.1 Å². The molecule has 3 aromatic carbocycles. The maximum Gasteiger partial charge on any atom is 0.516 e. The number of nitrogen functional groups attached to an aromatic ring is 1. The molecule has 1 atom stereocenters. The molecule has 3 N–H and O–H groups in total. The standard InChI is InChI=1S/C26H26N2O6/c1-2-32-26(31)34-24(29)16-23(19-11-7-4-8-12-19)28-25(30)20-13-21(27)15-22(14-20)33-17-18-9-5-3-6-10-18/h3-15,23H,2,16-17,27H2,1H3,(H,28,30). The van der Waals surface area contributed by atoms with Gasteiger partial charge in [-0.1, -0.05) is 60.7 Å². The summed E-state index contributed by atoms with van der Waals surface area (Å²) >= 11 is 0. The Kier molecular flexibility index (Phi) is 8.62. The van der Waals surface area contributed by atoms with Crippen molar-refractivity contribution < 1.29 is 28.6 Å². The van der Waals surface area contributed by atoms with Gasteiger partial charge in [0.2, 0.25) is 0 Å². The number of nitrogens with one attached hydrogen (secondary N) is 1. The van der Waals surface area contributed by atoms with Gasteiger partial charge in [-0.2, -0.15) is 0 Å². The minimum absolute atomic E-state index is 0.0784. The van der Waals surface area contributed by atoms with E-state index in [-0.39, 0.29) is 18.6 Å². The summed E-state index contributed by atoms with van der Waals surface area (Å²) in [5.41, 5.74) is 8.25. The molecule has 0 spiro atoms. The summed E-state index contributed by atoms with van der Waals surface area (Å²) in [6, 6.07) is 22.5. The molecule has 0 aromatic heterocycles. The quantitative estimate of drug-likeness (QED) is 0.275. The number of hydrogen-bond donors (Lipinski definition) is 2. The highest BCUT2D eigenvalue weighted by atomic mass is 16.7. The van der Waals surface area contributed by atoms with Crippen molar-refractivity contribution in [1.29, 1.82) is 0 Å². The van der Waals surface area contributed by atoms with Gasteiger partial charge in [0, 0.05) is 17.3 Å². The Balaban J connectivity index is 1.73. The summed E-state index contributed by atoms with van der Waals surface area (Å²) in [6.07, 6.45) is -1.35. The fraction of sp³-hybridized carbons (Fsp3) is 0.192. The number of hydrogen-bond acceptors (Lipinski definition) is 7. The number of anilines is 1. The fourth-order valence-electron chi connectivity index (χ4n) is 3.21.